The number of hydrogen-bond acceptors (Lipinski definition) is 4. The van der Waals surface area contributed by atoms with Gasteiger partial charge in [0.2, 0.25) is 5.91 Å². The van der Waals surface area contributed by atoms with Crippen molar-refractivity contribution in [1.29, 1.82) is 0 Å². The summed E-state index contributed by atoms with van der Waals surface area (Å²) in [6.07, 6.45) is 3.94. The van der Waals surface area contributed by atoms with Crippen LogP contribution in [0.4, 0.5) is 10.5 Å². The lowest BCUT2D eigenvalue weighted by molar-refractivity contribution is -0.123. The van der Waals surface area contributed by atoms with Crippen LogP contribution in [-0.4, -0.2) is 38.8 Å². The second kappa shape index (κ2) is 8.81. The van der Waals surface area contributed by atoms with E-state index in [9.17, 15) is 9.59 Å². The first kappa shape index (κ1) is 18.4. The third kappa shape index (κ3) is 5.91. The fourth-order valence-electron chi connectivity index (χ4n) is 2.15. The van der Waals surface area contributed by atoms with Gasteiger partial charge in [0.1, 0.15) is 18.7 Å². The average Bonchev–Trinajstić information content (AvgIpc) is 3.07. The predicted octanol–water partition coefficient (Wildman–Crippen LogP) is 1.75. The standard InChI is InChI=1S/C17H24N6O2/c1-4-12(2)20-16(24)13(3)21-17(25)22-15-7-5-6-14(8-15)9-23-11-18-10-19-23/h5-8,10-13H,4,9H2,1-3H3,(H,20,24)(H2,21,22,25)/t12-,13+/m0/s1. The highest BCUT2D eigenvalue weighted by Gasteiger charge is 2.16. The van der Waals surface area contributed by atoms with Crippen LogP contribution in [0.25, 0.3) is 0 Å². The van der Waals surface area contributed by atoms with Crippen molar-refractivity contribution < 1.29 is 9.59 Å². The molecule has 1 aromatic heterocycles. The first-order valence-corrected chi connectivity index (χ1v) is 8.27. The second-order valence-corrected chi connectivity index (χ2v) is 5.93. The first-order chi connectivity index (χ1) is 12.0. The predicted molar refractivity (Wildman–Crippen MR) is 95.1 cm³/mol. The van der Waals surface area contributed by atoms with Crippen LogP contribution in [-0.2, 0) is 11.3 Å². The Morgan fingerprint density at radius 2 is 2.04 bits per heavy atom. The summed E-state index contributed by atoms with van der Waals surface area (Å²) < 4.78 is 1.69. The van der Waals surface area contributed by atoms with Crippen molar-refractivity contribution in [2.24, 2.45) is 0 Å². The van der Waals surface area contributed by atoms with Crippen LogP contribution in [0.5, 0.6) is 0 Å². The fraction of sp³-hybridized carbons (Fsp3) is 0.412. The highest BCUT2D eigenvalue weighted by atomic mass is 16.2. The van der Waals surface area contributed by atoms with Gasteiger partial charge in [-0.2, -0.15) is 5.10 Å². The number of benzene rings is 1. The molecule has 134 valence electrons. The number of carbonyl (C=O) groups excluding carboxylic acids is 2. The Hall–Kier alpha value is -2.90. The zero-order valence-electron chi connectivity index (χ0n) is 14.7. The molecule has 8 heteroatoms. The number of nitrogens with one attached hydrogen (secondary N) is 3. The minimum atomic E-state index is -0.618. The molecule has 0 radical (unpaired) electrons. The minimum Gasteiger partial charge on any atom is -0.352 e. The summed E-state index contributed by atoms with van der Waals surface area (Å²) >= 11 is 0. The molecule has 0 unspecified atom stereocenters. The van der Waals surface area contributed by atoms with Gasteiger partial charge in [-0.05, 0) is 38.0 Å². The van der Waals surface area contributed by atoms with E-state index in [0.29, 0.717) is 12.2 Å². The number of anilines is 1. The Labute approximate surface area is 147 Å². The molecule has 0 aliphatic rings. The smallest absolute Gasteiger partial charge is 0.319 e. The number of aromatic nitrogens is 3. The number of rotatable bonds is 7. The van der Waals surface area contributed by atoms with E-state index in [2.05, 4.69) is 26.0 Å². The van der Waals surface area contributed by atoms with Gasteiger partial charge in [0.25, 0.3) is 0 Å². The Bertz CT molecular complexity index is 701. The maximum Gasteiger partial charge on any atom is 0.319 e. The highest BCUT2D eigenvalue weighted by molar-refractivity contribution is 5.93. The van der Waals surface area contributed by atoms with Crippen LogP contribution >= 0.6 is 0 Å². The van der Waals surface area contributed by atoms with E-state index in [1.54, 1.807) is 24.0 Å². The molecule has 0 aliphatic carbocycles. The van der Waals surface area contributed by atoms with Gasteiger partial charge in [-0.25, -0.2) is 14.5 Å². The van der Waals surface area contributed by atoms with Crippen LogP contribution in [0.15, 0.2) is 36.9 Å². The van der Waals surface area contributed by atoms with Gasteiger partial charge in [0.15, 0.2) is 0 Å². The van der Waals surface area contributed by atoms with Crippen LogP contribution in [0, 0.1) is 0 Å². The molecule has 2 aromatic rings. The van der Waals surface area contributed by atoms with Crippen molar-refractivity contribution in [3.63, 3.8) is 0 Å². The third-order valence-electron chi connectivity index (χ3n) is 3.74. The van der Waals surface area contributed by atoms with E-state index < -0.39 is 12.1 Å². The van der Waals surface area contributed by atoms with Crippen molar-refractivity contribution in [3.05, 3.63) is 42.5 Å². The number of nitrogens with zero attached hydrogens (tertiary/aromatic N) is 3. The molecular formula is C17H24N6O2. The fourth-order valence-corrected chi connectivity index (χ4v) is 2.15. The van der Waals surface area contributed by atoms with E-state index in [0.717, 1.165) is 12.0 Å². The number of amides is 3. The third-order valence-corrected chi connectivity index (χ3v) is 3.74. The number of hydrogen-bond donors (Lipinski definition) is 3. The lowest BCUT2D eigenvalue weighted by Crippen LogP contribution is -2.48. The van der Waals surface area contributed by atoms with E-state index in [1.807, 2.05) is 32.0 Å². The largest absolute Gasteiger partial charge is 0.352 e. The van der Waals surface area contributed by atoms with Crippen molar-refractivity contribution in [2.45, 2.75) is 45.8 Å². The van der Waals surface area contributed by atoms with E-state index >= 15 is 0 Å². The van der Waals surface area contributed by atoms with Gasteiger partial charge in [-0.15, -0.1) is 0 Å². The number of carbonyl (C=O) groups is 2. The summed E-state index contributed by atoms with van der Waals surface area (Å²) in [5.41, 5.74) is 1.62. The van der Waals surface area contributed by atoms with Gasteiger partial charge in [0, 0.05) is 11.7 Å². The Morgan fingerprint density at radius 3 is 2.72 bits per heavy atom. The zero-order chi connectivity index (χ0) is 18.2. The summed E-state index contributed by atoms with van der Waals surface area (Å²) in [5, 5.41) is 12.3. The minimum absolute atomic E-state index is 0.0771. The average molecular weight is 344 g/mol. The summed E-state index contributed by atoms with van der Waals surface area (Å²) in [5.74, 6) is -0.204. The summed E-state index contributed by atoms with van der Waals surface area (Å²) in [4.78, 5) is 27.9. The maximum absolute atomic E-state index is 12.1. The molecule has 0 spiro atoms. The molecule has 8 nitrogen and oxygen atoms in total. The van der Waals surface area contributed by atoms with E-state index in [-0.39, 0.29) is 11.9 Å². The first-order valence-electron chi connectivity index (χ1n) is 8.27. The van der Waals surface area contributed by atoms with E-state index in [1.165, 1.54) is 6.33 Å². The van der Waals surface area contributed by atoms with Gasteiger partial charge in [-0.1, -0.05) is 19.1 Å². The summed E-state index contributed by atoms with van der Waals surface area (Å²) in [7, 11) is 0. The molecule has 0 fully saturated rings. The SMILES string of the molecule is CC[C@H](C)NC(=O)[C@@H](C)NC(=O)Nc1cccc(Cn2cncn2)c1. The summed E-state index contributed by atoms with van der Waals surface area (Å²) in [6, 6.07) is 6.46. The van der Waals surface area contributed by atoms with Gasteiger partial charge in [0.05, 0.1) is 6.54 Å². The highest BCUT2D eigenvalue weighted by Crippen LogP contribution is 2.11. The van der Waals surface area contributed by atoms with Crippen LogP contribution < -0.4 is 16.0 Å². The van der Waals surface area contributed by atoms with Crippen LogP contribution in [0.2, 0.25) is 0 Å². The molecule has 2 rings (SSSR count). The second-order valence-electron chi connectivity index (χ2n) is 5.93. The van der Waals surface area contributed by atoms with E-state index in [4.69, 9.17) is 0 Å². The maximum atomic E-state index is 12.1. The topological polar surface area (TPSA) is 101 Å². The molecular weight excluding hydrogens is 320 g/mol. The molecule has 0 aliphatic heterocycles. The van der Waals surface area contributed by atoms with Crippen LogP contribution in [0.3, 0.4) is 0 Å². The molecule has 3 N–H and O–H groups in total. The van der Waals surface area contributed by atoms with Crippen LogP contribution in [0.1, 0.15) is 32.8 Å². The van der Waals surface area contributed by atoms with Gasteiger partial charge >= 0.3 is 6.03 Å². The van der Waals surface area contributed by atoms with Gasteiger partial charge < -0.3 is 16.0 Å². The molecule has 0 saturated carbocycles. The Morgan fingerprint density at radius 1 is 1.24 bits per heavy atom. The molecule has 0 saturated heterocycles. The Kier molecular flexibility index (Phi) is 6.50. The molecule has 3 amide bonds. The van der Waals surface area contributed by atoms with Crippen molar-refractivity contribution in [2.75, 3.05) is 5.32 Å². The molecule has 1 heterocycles. The van der Waals surface area contributed by atoms with Crippen molar-refractivity contribution in [3.8, 4) is 0 Å². The molecule has 0 bridgehead atoms. The number of urea groups is 1. The van der Waals surface area contributed by atoms with Gasteiger partial charge in [-0.3, -0.25) is 4.79 Å². The zero-order valence-corrected chi connectivity index (χ0v) is 14.7. The van der Waals surface area contributed by atoms with Crippen molar-refractivity contribution in [1.82, 2.24) is 25.4 Å². The monoisotopic (exact) mass is 344 g/mol. The quantitative estimate of drug-likeness (QED) is 0.712. The lowest BCUT2D eigenvalue weighted by atomic mass is 10.2. The molecule has 1 aromatic carbocycles. The normalized spacial score (nSPS) is 12.9. The molecule has 2 atom stereocenters. The Balaban J connectivity index is 1.88. The summed E-state index contributed by atoms with van der Waals surface area (Å²) in [6.45, 7) is 6.12. The molecule has 25 heavy (non-hydrogen) atoms. The lowest BCUT2D eigenvalue weighted by Gasteiger charge is -2.18. The van der Waals surface area contributed by atoms with Crippen molar-refractivity contribution >= 4 is 17.6 Å².